The Morgan fingerprint density at radius 3 is 1.28 bits per heavy atom. The molecule has 0 saturated heterocycles. The van der Waals surface area contributed by atoms with Crippen LogP contribution in [0, 0.1) is 0 Å². The van der Waals surface area contributed by atoms with Crippen molar-refractivity contribution in [1.82, 2.24) is 0 Å². The van der Waals surface area contributed by atoms with E-state index in [1.54, 1.807) is 9.75 Å². The summed E-state index contributed by atoms with van der Waals surface area (Å²) in [5.74, 6) is 0. The lowest BCUT2D eigenvalue weighted by atomic mass is 10.1. The molecule has 0 saturated carbocycles. The Hall–Kier alpha value is -1.38. The number of fused-ring (bicyclic) bond motifs is 3. The molecule has 2 aromatic carbocycles. The first-order chi connectivity index (χ1) is 15.8. The van der Waals surface area contributed by atoms with Crippen molar-refractivity contribution in [3.63, 3.8) is 0 Å². The second-order valence-corrected chi connectivity index (χ2v) is 11.9. The van der Waals surface area contributed by atoms with Crippen LogP contribution in [0.5, 0.6) is 0 Å². The Morgan fingerprint density at radius 1 is 0.438 bits per heavy atom. The summed E-state index contributed by atoms with van der Waals surface area (Å²) in [6, 6.07) is 14.6. The maximum atomic E-state index is 2.45. The molecular weight excluding hydrogens is 424 g/mol. The Balaban J connectivity index is 1.40. The first-order valence-electron chi connectivity index (χ1n) is 13.2. The Morgan fingerprint density at radius 2 is 0.844 bits per heavy atom. The summed E-state index contributed by atoms with van der Waals surface area (Å²) < 4.78 is 2.92. The highest BCUT2D eigenvalue weighted by Crippen LogP contribution is 2.35. The monoisotopic (exact) mass is 464 g/mol. The number of unbranched alkanes of at least 4 members (excludes halogenated alkanes) is 10. The van der Waals surface area contributed by atoms with Gasteiger partial charge in [0, 0.05) is 19.2 Å². The summed E-state index contributed by atoms with van der Waals surface area (Å²) in [7, 11) is 0. The fraction of sp³-hybridized carbons (Fsp3) is 0.533. The van der Waals surface area contributed by atoms with Gasteiger partial charge in [0.25, 0.3) is 0 Å². The van der Waals surface area contributed by atoms with Crippen LogP contribution in [0.1, 0.15) is 101 Å². The average Bonchev–Trinajstić information content (AvgIpc) is 3.37. The van der Waals surface area contributed by atoms with Crippen molar-refractivity contribution in [2.24, 2.45) is 0 Å². The van der Waals surface area contributed by atoms with Gasteiger partial charge >= 0.3 is 0 Å². The van der Waals surface area contributed by atoms with Crippen LogP contribution in [0.25, 0.3) is 30.9 Å². The first kappa shape index (κ1) is 23.8. The zero-order chi connectivity index (χ0) is 22.2. The minimum atomic E-state index is 1.25. The molecule has 32 heavy (non-hydrogen) atoms. The smallest absolute Gasteiger partial charge is 0.0352 e. The lowest BCUT2D eigenvalue weighted by Crippen LogP contribution is -1.82. The van der Waals surface area contributed by atoms with Crippen LogP contribution in [0.2, 0.25) is 0 Å². The molecule has 0 fully saturated rings. The Kier molecular flexibility index (Phi) is 9.05. The van der Waals surface area contributed by atoms with Gasteiger partial charge in [-0.15, -0.1) is 22.7 Å². The number of hydrogen-bond acceptors (Lipinski definition) is 2. The number of benzene rings is 2. The van der Waals surface area contributed by atoms with E-state index in [1.165, 1.54) is 121 Å². The number of hydrogen-bond donors (Lipinski definition) is 0. The third-order valence-corrected chi connectivity index (χ3v) is 9.08. The summed E-state index contributed by atoms with van der Waals surface area (Å²) in [4.78, 5) is 3.13. The molecule has 0 radical (unpaired) electrons. The molecule has 0 spiro atoms. The maximum Gasteiger partial charge on any atom is 0.0352 e. The normalized spacial score (nSPS) is 11.9. The van der Waals surface area contributed by atoms with Gasteiger partial charge in [0.15, 0.2) is 0 Å². The summed E-state index contributed by atoms with van der Waals surface area (Å²) in [6.07, 6.45) is 19.0. The zero-order valence-corrected chi connectivity index (χ0v) is 21.8. The minimum absolute atomic E-state index is 1.25. The van der Waals surface area contributed by atoms with E-state index < -0.39 is 0 Å². The van der Waals surface area contributed by atoms with E-state index in [0.29, 0.717) is 0 Å². The first-order valence-corrected chi connectivity index (χ1v) is 14.8. The van der Waals surface area contributed by atoms with Crippen molar-refractivity contribution in [3.05, 3.63) is 46.2 Å². The zero-order valence-electron chi connectivity index (χ0n) is 20.2. The van der Waals surface area contributed by atoms with Crippen LogP contribution in [-0.4, -0.2) is 0 Å². The van der Waals surface area contributed by atoms with Crippen LogP contribution in [0.15, 0.2) is 36.4 Å². The third-order valence-electron chi connectivity index (χ3n) is 6.77. The maximum absolute atomic E-state index is 2.45. The topological polar surface area (TPSA) is 0 Å². The van der Waals surface area contributed by atoms with Gasteiger partial charge in [-0.05, 0) is 83.6 Å². The van der Waals surface area contributed by atoms with Gasteiger partial charge in [-0.25, -0.2) is 0 Å². The van der Waals surface area contributed by atoms with Crippen LogP contribution in [0.4, 0.5) is 0 Å². The molecule has 0 aliphatic carbocycles. The highest BCUT2D eigenvalue weighted by molar-refractivity contribution is 7.19. The Bertz CT molecular complexity index is 958. The number of thiophene rings is 2. The van der Waals surface area contributed by atoms with Crippen molar-refractivity contribution in [1.29, 1.82) is 0 Å². The second kappa shape index (κ2) is 12.2. The lowest BCUT2D eigenvalue weighted by molar-refractivity contribution is 0.609. The van der Waals surface area contributed by atoms with Crippen LogP contribution in [-0.2, 0) is 12.8 Å². The van der Waals surface area contributed by atoms with Crippen molar-refractivity contribution in [2.75, 3.05) is 0 Å². The van der Waals surface area contributed by atoms with E-state index in [-0.39, 0.29) is 0 Å². The molecule has 0 aliphatic rings. The van der Waals surface area contributed by atoms with Crippen LogP contribution in [0.3, 0.4) is 0 Å². The number of rotatable bonds is 14. The van der Waals surface area contributed by atoms with Gasteiger partial charge in [-0.2, -0.15) is 0 Å². The van der Waals surface area contributed by atoms with E-state index in [1.807, 2.05) is 22.7 Å². The SMILES string of the molecule is CCCCCCCCc1cc2cc3cc4sc(CCCCCCCC)cc4cc3cc2s1. The molecule has 0 aliphatic heterocycles. The van der Waals surface area contributed by atoms with Crippen molar-refractivity contribution < 1.29 is 0 Å². The molecular formula is C30H40S2. The van der Waals surface area contributed by atoms with E-state index in [9.17, 15) is 0 Å². The average molecular weight is 465 g/mol. The molecule has 0 unspecified atom stereocenters. The summed E-state index contributed by atoms with van der Waals surface area (Å²) in [5, 5.41) is 5.68. The third kappa shape index (κ3) is 6.35. The lowest BCUT2D eigenvalue weighted by Gasteiger charge is -1.99. The highest BCUT2D eigenvalue weighted by Gasteiger charge is 2.08. The van der Waals surface area contributed by atoms with Gasteiger partial charge in [0.1, 0.15) is 0 Å². The quantitative estimate of drug-likeness (QED) is 0.163. The van der Waals surface area contributed by atoms with Crippen molar-refractivity contribution in [3.8, 4) is 0 Å². The molecule has 4 aromatic rings. The summed E-state index contributed by atoms with van der Waals surface area (Å²) >= 11 is 4.03. The molecule has 0 N–H and O–H groups in total. The van der Waals surface area contributed by atoms with Crippen molar-refractivity contribution in [2.45, 2.75) is 104 Å². The molecule has 0 atom stereocenters. The predicted molar refractivity (Wildman–Crippen MR) is 149 cm³/mol. The molecule has 0 bridgehead atoms. The van der Waals surface area contributed by atoms with Gasteiger partial charge in [-0.1, -0.05) is 78.1 Å². The number of aryl methyl sites for hydroxylation is 2. The van der Waals surface area contributed by atoms with Gasteiger partial charge in [0.05, 0.1) is 0 Å². The second-order valence-electron chi connectivity index (χ2n) is 9.59. The fourth-order valence-corrected chi connectivity index (χ4v) is 7.11. The molecule has 0 amide bonds. The standard InChI is InChI=1S/C30H40S2/c1-3-5-7-9-11-13-15-27-19-25-17-23-22-30-26(18-24(23)21-29(25)31-27)20-28(32-30)16-14-12-10-8-6-4-2/h17-22H,3-16H2,1-2H3. The van der Waals surface area contributed by atoms with Gasteiger partial charge in [-0.3, -0.25) is 0 Å². The predicted octanol–water partition coefficient (Wildman–Crippen LogP) is 11.1. The van der Waals surface area contributed by atoms with Crippen molar-refractivity contribution >= 4 is 53.6 Å². The van der Waals surface area contributed by atoms with Gasteiger partial charge < -0.3 is 0 Å². The van der Waals surface area contributed by atoms with E-state index in [2.05, 4.69) is 50.2 Å². The largest absolute Gasteiger partial charge is 0.140 e. The minimum Gasteiger partial charge on any atom is -0.140 e. The van der Waals surface area contributed by atoms with E-state index >= 15 is 0 Å². The van der Waals surface area contributed by atoms with Crippen LogP contribution < -0.4 is 0 Å². The molecule has 2 heteroatoms. The summed E-state index contributed by atoms with van der Waals surface area (Å²) in [5.41, 5.74) is 0. The summed E-state index contributed by atoms with van der Waals surface area (Å²) in [6.45, 7) is 4.58. The van der Waals surface area contributed by atoms with E-state index in [0.717, 1.165) is 0 Å². The Labute approximate surface area is 203 Å². The molecule has 172 valence electrons. The van der Waals surface area contributed by atoms with Gasteiger partial charge in [0.2, 0.25) is 0 Å². The molecule has 2 aromatic heterocycles. The molecule has 0 nitrogen and oxygen atoms in total. The molecule has 4 rings (SSSR count). The molecule has 2 heterocycles. The fourth-order valence-electron chi connectivity index (χ4n) is 4.84. The van der Waals surface area contributed by atoms with Crippen LogP contribution >= 0.6 is 22.7 Å². The highest BCUT2D eigenvalue weighted by atomic mass is 32.1. The van der Waals surface area contributed by atoms with E-state index in [4.69, 9.17) is 0 Å².